The molecule has 2 heteroatoms. The third-order valence-corrected chi connectivity index (χ3v) is 2.94. The second-order valence-corrected chi connectivity index (χ2v) is 4.16. The fourth-order valence-electron chi connectivity index (χ4n) is 2.03. The predicted molar refractivity (Wildman–Crippen MR) is 62.6 cm³/mol. The summed E-state index contributed by atoms with van der Waals surface area (Å²) in [5, 5.41) is 3.64. The van der Waals surface area contributed by atoms with E-state index in [9.17, 15) is 0 Å². The van der Waals surface area contributed by atoms with Crippen LogP contribution in [0.3, 0.4) is 0 Å². The Morgan fingerprint density at radius 3 is 3.07 bits per heavy atom. The molecule has 0 spiro atoms. The average molecular weight is 202 g/mol. The van der Waals surface area contributed by atoms with Gasteiger partial charge in [-0.25, -0.2) is 0 Å². The van der Waals surface area contributed by atoms with Crippen molar-refractivity contribution in [1.82, 2.24) is 10.3 Å². The molecule has 2 rings (SSSR count). The molecule has 0 saturated heterocycles. The lowest BCUT2D eigenvalue weighted by Crippen LogP contribution is -2.32. The lowest BCUT2D eigenvalue weighted by atomic mass is 10.00. The summed E-state index contributed by atoms with van der Waals surface area (Å²) in [6, 6.07) is 5.15. The van der Waals surface area contributed by atoms with Crippen molar-refractivity contribution in [3.05, 3.63) is 42.2 Å². The fourth-order valence-corrected chi connectivity index (χ4v) is 2.03. The summed E-state index contributed by atoms with van der Waals surface area (Å²) in [6.07, 6.45) is 11.9. The predicted octanol–water partition coefficient (Wildman–Crippen LogP) is 2.84. The van der Waals surface area contributed by atoms with Crippen LogP contribution in [0.2, 0.25) is 0 Å². The van der Waals surface area contributed by atoms with Gasteiger partial charge in [-0.3, -0.25) is 4.98 Å². The quantitative estimate of drug-likeness (QED) is 0.762. The van der Waals surface area contributed by atoms with E-state index in [-0.39, 0.29) is 0 Å². The lowest BCUT2D eigenvalue weighted by Gasteiger charge is -2.24. The van der Waals surface area contributed by atoms with Gasteiger partial charge in [-0.05, 0) is 37.8 Å². The van der Waals surface area contributed by atoms with E-state index in [1.54, 1.807) is 0 Å². The van der Waals surface area contributed by atoms with Crippen LogP contribution >= 0.6 is 0 Å². The second kappa shape index (κ2) is 5.08. The van der Waals surface area contributed by atoms with Crippen molar-refractivity contribution in [2.24, 2.45) is 0 Å². The van der Waals surface area contributed by atoms with Crippen molar-refractivity contribution in [3.8, 4) is 0 Å². The van der Waals surface area contributed by atoms with E-state index in [0.29, 0.717) is 12.1 Å². The number of nitrogens with one attached hydrogen (secondary N) is 1. The van der Waals surface area contributed by atoms with Gasteiger partial charge in [0, 0.05) is 24.5 Å². The summed E-state index contributed by atoms with van der Waals surface area (Å²) in [4.78, 5) is 4.14. The van der Waals surface area contributed by atoms with E-state index in [1.807, 2.05) is 18.5 Å². The van der Waals surface area contributed by atoms with Gasteiger partial charge >= 0.3 is 0 Å². The first-order chi connectivity index (χ1) is 7.36. The van der Waals surface area contributed by atoms with Crippen molar-refractivity contribution in [3.63, 3.8) is 0 Å². The highest BCUT2D eigenvalue weighted by Gasteiger charge is 2.13. The first-order valence-electron chi connectivity index (χ1n) is 5.67. The van der Waals surface area contributed by atoms with Crippen LogP contribution in [0.1, 0.15) is 37.8 Å². The van der Waals surface area contributed by atoms with Crippen molar-refractivity contribution < 1.29 is 0 Å². The maximum atomic E-state index is 4.14. The van der Waals surface area contributed by atoms with Gasteiger partial charge in [-0.15, -0.1) is 0 Å². The Hall–Kier alpha value is -1.15. The van der Waals surface area contributed by atoms with Crippen LogP contribution in [0, 0.1) is 0 Å². The molecule has 1 aliphatic carbocycles. The van der Waals surface area contributed by atoms with Crippen LogP contribution in [0.15, 0.2) is 36.7 Å². The van der Waals surface area contributed by atoms with Crippen LogP contribution in [0.25, 0.3) is 0 Å². The maximum absolute atomic E-state index is 4.14. The van der Waals surface area contributed by atoms with Crippen molar-refractivity contribution in [2.75, 3.05) is 0 Å². The highest BCUT2D eigenvalue weighted by Crippen LogP contribution is 2.16. The molecule has 15 heavy (non-hydrogen) atoms. The molecule has 2 nitrogen and oxygen atoms in total. The molecule has 0 aliphatic heterocycles. The number of allylic oxidation sites excluding steroid dienone is 1. The summed E-state index contributed by atoms with van der Waals surface area (Å²) in [6.45, 7) is 2.20. The molecule has 1 N–H and O–H groups in total. The van der Waals surface area contributed by atoms with Crippen LogP contribution < -0.4 is 5.32 Å². The SMILES string of the molecule is CC(NC1CC=CCC1)c1cccnc1. The topological polar surface area (TPSA) is 24.9 Å². The highest BCUT2D eigenvalue weighted by molar-refractivity contribution is 5.13. The zero-order valence-electron chi connectivity index (χ0n) is 9.19. The molecule has 0 radical (unpaired) electrons. The molecular weight excluding hydrogens is 184 g/mol. The first kappa shape index (κ1) is 10.4. The van der Waals surface area contributed by atoms with Gasteiger partial charge in [0.1, 0.15) is 0 Å². The molecule has 0 fully saturated rings. The normalized spacial score (nSPS) is 22.6. The third kappa shape index (κ3) is 2.90. The van der Waals surface area contributed by atoms with E-state index in [4.69, 9.17) is 0 Å². The standard InChI is InChI=1S/C13H18N2/c1-11(12-6-5-9-14-10-12)15-13-7-3-2-4-8-13/h2-3,5-6,9-11,13,15H,4,7-8H2,1H3. The minimum atomic E-state index is 0.398. The van der Waals surface area contributed by atoms with Crippen LogP contribution in [-0.4, -0.2) is 11.0 Å². The molecule has 0 bridgehead atoms. The Morgan fingerprint density at radius 1 is 1.47 bits per heavy atom. The number of aromatic nitrogens is 1. The zero-order valence-corrected chi connectivity index (χ0v) is 9.19. The Kier molecular flexibility index (Phi) is 3.51. The Labute approximate surface area is 91.4 Å². The molecule has 1 aromatic heterocycles. The second-order valence-electron chi connectivity index (χ2n) is 4.16. The Balaban J connectivity index is 1.92. The average Bonchev–Trinajstić information content (AvgIpc) is 2.31. The van der Waals surface area contributed by atoms with Crippen molar-refractivity contribution in [2.45, 2.75) is 38.3 Å². The van der Waals surface area contributed by atoms with Crippen LogP contribution in [-0.2, 0) is 0 Å². The molecule has 0 amide bonds. The van der Waals surface area contributed by atoms with Gasteiger partial charge < -0.3 is 5.32 Å². The van der Waals surface area contributed by atoms with Crippen LogP contribution in [0.5, 0.6) is 0 Å². The number of hydrogen-bond donors (Lipinski definition) is 1. The number of rotatable bonds is 3. The van der Waals surface area contributed by atoms with E-state index in [1.165, 1.54) is 18.4 Å². The number of pyridine rings is 1. The largest absolute Gasteiger partial charge is 0.307 e. The monoisotopic (exact) mass is 202 g/mol. The fraction of sp³-hybridized carbons (Fsp3) is 0.462. The zero-order chi connectivity index (χ0) is 10.5. The molecule has 2 unspecified atom stereocenters. The highest BCUT2D eigenvalue weighted by atomic mass is 14.9. The Morgan fingerprint density at radius 2 is 2.40 bits per heavy atom. The molecule has 0 aromatic carbocycles. The minimum absolute atomic E-state index is 0.398. The smallest absolute Gasteiger partial charge is 0.0315 e. The van der Waals surface area contributed by atoms with Crippen molar-refractivity contribution in [1.29, 1.82) is 0 Å². The molecule has 80 valence electrons. The van der Waals surface area contributed by atoms with Gasteiger partial charge in [-0.1, -0.05) is 18.2 Å². The molecule has 1 heterocycles. The van der Waals surface area contributed by atoms with Crippen molar-refractivity contribution >= 4 is 0 Å². The Bertz CT molecular complexity index is 319. The first-order valence-corrected chi connectivity index (χ1v) is 5.67. The molecule has 1 aromatic rings. The number of nitrogens with zero attached hydrogens (tertiary/aromatic N) is 1. The number of hydrogen-bond acceptors (Lipinski definition) is 2. The molecular formula is C13H18N2. The van der Waals surface area contributed by atoms with Gasteiger partial charge in [0.2, 0.25) is 0 Å². The van der Waals surface area contributed by atoms with E-state index in [2.05, 4.69) is 35.4 Å². The van der Waals surface area contributed by atoms with Gasteiger partial charge in [0.05, 0.1) is 0 Å². The maximum Gasteiger partial charge on any atom is 0.0315 e. The summed E-state index contributed by atoms with van der Waals surface area (Å²) >= 11 is 0. The molecule has 2 atom stereocenters. The van der Waals surface area contributed by atoms with Crippen LogP contribution in [0.4, 0.5) is 0 Å². The summed E-state index contributed by atoms with van der Waals surface area (Å²) in [5.74, 6) is 0. The summed E-state index contributed by atoms with van der Waals surface area (Å²) in [7, 11) is 0. The molecule has 0 saturated carbocycles. The minimum Gasteiger partial charge on any atom is -0.307 e. The van der Waals surface area contributed by atoms with Gasteiger partial charge in [0.25, 0.3) is 0 Å². The van der Waals surface area contributed by atoms with E-state index in [0.717, 1.165) is 6.42 Å². The van der Waals surface area contributed by atoms with Gasteiger partial charge in [0.15, 0.2) is 0 Å². The van der Waals surface area contributed by atoms with Gasteiger partial charge in [-0.2, -0.15) is 0 Å². The lowest BCUT2D eigenvalue weighted by molar-refractivity contribution is 0.425. The summed E-state index contributed by atoms with van der Waals surface area (Å²) < 4.78 is 0. The van der Waals surface area contributed by atoms with E-state index < -0.39 is 0 Å². The summed E-state index contributed by atoms with van der Waals surface area (Å²) in [5.41, 5.74) is 1.27. The molecule has 1 aliphatic rings. The van der Waals surface area contributed by atoms with E-state index >= 15 is 0 Å². The third-order valence-electron chi connectivity index (χ3n) is 2.94.